The molecule has 0 aromatic carbocycles. The lowest BCUT2D eigenvalue weighted by Crippen LogP contribution is -2.38. The normalized spacial score (nSPS) is 11.9. The molecule has 0 aliphatic rings. The Morgan fingerprint density at radius 2 is 1.67 bits per heavy atom. The highest BCUT2D eigenvalue weighted by atomic mass is 16.3. The molecule has 0 spiro atoms. The first kappa shape index (κ1) is 13.9. The van der Waals surface area contributed by atoms with Gasteiger partial charge in [0, 0.05) is 13.1 Å². The number of rotatable bonds is 7. The second kappa shape index (κ2) is 8.23. The van der Waals surface area contributed by atoms with Crippen LogP contribution in [-0.2, 0) is 9.59 Å². The van der Waals surface area contributed by atoms with Gasteiger partial charge in [0.05, 0.1) is 6.42 Å². The minimum atomic E-state index is -1.24. The van der Waals surface area contributed by atoms with Gasteiger partial charge in [-0.25, -0.2) is 0 Å². The van der Waals surface area contributed by atoms with Crippen LogP contribution in [0.2, 0.25) is 0 Å². The van der Waals surface area contributed by atoms with Crippen LogP contribution in [0.3, 0.4) is 0 Å². The van der Waals surface area contributed by atoms with Crippen LogP contribution in [0.1, 0.15) is 33.1 Å². The van der Waals surface area contributed by atoms with Crippen LogP contribution in [0.15, 0.2) is 0 Å². The average Bonchev–Trinajstić information content (AvgIpc) is 2.22. The van der Waals surface area contributed by atoms with Gasteiger partial charge in [-0.3, -0.25) is 9.59 Å². The lowest BCUT2D eigenvalue weighted by molar-refractivity contribution is -0.134. The van der Waals surface area contributed by atoms with Crippen LogP contribution in [0, 0.1) is 0 Å². The maximum absolute atomic E-state index is 11.2. The summed E-state index contributed by atoms with van der Waals surface area (Å²) in [7, 11) is 0. The molecule has 0 rings (SSSR count). The number of carbonyl (C=O) groups is 2. The lowest BCUT2D eigenvalue weighted by atomic mass is 10.2. The summed E-state index contributed by atoms with van der Waals surface area (Å²) in [5, 5.41) is 14.5. The van der Waals surface area contributed by atoms with Crippen molar-refractivity contribution in [2.45, 2.75) is 39.2 Å². The molecule has 1 unspecified atom stereocenters. The summed E-state index contributed by atoms with van der Waals surface area (Å²) in [6.07, 6.45) is 0.230. The van der Waals surface area contributed by atoms with Gasteiger partial charge in [0.2, 0.25) is 11.8 Å². The Morgan fingerprint density at radius 3 is 2.20 bits per heavy atom. The van der Waals surface area contributed by atoms with E-state index in [2.05, 4.69) is 10.6 Å². The van der Waals surface area contributed by atoms with E-state index in [-0.39, 0.29) is 12.3 Å². The van der Waals surface area contributed by atoms with Crippen LogP contribution in [-0.4, -0.2) is 36.1 Å². The molecule has 0 aromatic heterocycles. The topological polar surface area (TPSA) is 78.4 Å². The quantitative estimate of drug-likeness (QED) is 0.551. The Kier molecular flexibility index (Phi) is 7.62. The molecule has 88 valence electrons. The molecule has 0 saturated heterocycles. The van der Waals surface area contributed by atoms with E-state index in [1.807, 2.05) is 13.8 Å². The van der Waals surface area contributed by atoms with Crippen LogP contribution in [0.4, 0.5) is 0 Å². The molecule has 0 fully saturated rings. The monoisotopic (exact) mass is 216 g/mol. The molecule has 3 N–H and O–H groups in total. The van der Waals surface area contributed by atoms with E-state index in [0.717, 1.165) is 12.8 Å². The van der Waals surface area contributed by atoms with E-state index in [4.69, 9.17) is 0 Å². The first-order chi connectivity index (χ1) is 7.11. The summed E-state index contributed by atoms with van der Waals surface area (Å²) >= 11 is 0. The largest absolute Gasteiger partial charge is 0.383 e. The van der Waals surface area contributed by atoms with E-state index in [1.165, 1.54) is 0 Å². The summed E-state index contributed by atoms with van der Waals surface area (Å²) in [5.41, 5.74) is 0. The summed E-state index contributed by atoms with van der Waals surface area (Å²) in [6, 6.07) is 0. The lowest BCUT2D eigenvalue weighted by Gasteiger charge is -2.10. The van der Waals surface area contributed by atoms with Crippen molar-refractivity contribution in [3.05, 3.63) is 0 Å². The molecule has 0 bridgehead atoms. The van der Waals surface area contributed by atoms with Crippen molar-refractivity contribution in [1.29, 1.82) is 0 Å². The van der Waals surface area contributed by atoms with E-state index in [0.29, 0.717) is 13.1 Å². The number of aliphatic hydroxyl groups is 1. The van der Waals surface area contributed by atoms with Crippen LogP contribution in [0.5, 0.6) is 0 Å². The molecule has 5 nitrogen and oxygen atoms in total. The van der Waals surface area contributed by atoms with Crippen molar-refractivity contribution in [1.82, 2.24) is 10.6 Å². The molecular weight excluding hydrogens is 196 g/mol. The third kappa shape index (κ3) is 6.90. The van der Waals surface area contributed by atoms with E-state index < -0.39 is 12.0 Å². The molecule has 0 radical (unpaired) electrons. The van der Waals surface area contributed by atoms with Crippen molar-refractivity contribution in [3.8, 4) is 0 Å². The highest BCUT2D eigenvalue weighted by Crippen LogP contribution is 1.92. The number of carbonyl (C=O) groups excluding carboxylic acids is 2. The predicted molar refractivity (Wildman–Crippen MR) is 57.2 cm³/mol. The van der Waals surface area contributed by atoms with Crippen molar-refractivity contribution >= 4 is 11.8 Å². The van der Waals surface area contributed by atoms with Crippen molar-refractivity contribution in [2.75, 3.05) is 13.1 Å². The fourth-order valence-corrected chi connectivity index (χ4v) is 0.971. The first-order valence-electron chi connectivity index (χ1n) is 5.34. The van der Waals surface area contributed by atoms with E-state index in [9.17, 15) is 14.7 Å². The molecule has 0 heterocycles. The molecular formula is C10H20N2O3. The van der Waals surface area contributed by atoms with Crippen molar-refractivity contribution in [2.24, 2.45) is 0 Å². The average molecular weight is 216 g/mol. The van der Waals surface area contributed by atoms with Gasteiger partial charge in [0.25, 0.3) is 0 Å². The van der Waals surface area contributed by atoms with E-state index in [1.54, 1.807) is 0 Å². The summed E-state index contributed by atoms with van der Waals surface area (Å²) in [6.45, 7) is 4.94. The Morgan fingerprint density at radius 1 is 1.13 bits per heavy atom. The van der Waals surface area contributed by atoms with Gasteiger partial charge < -0.3 is 15.7 Å². The highest BCUT2D eigenvalue weighted by Gasteiger charge is 2.17. The van der Waals surface area contributed by atoms with Gasteiger partial charge >= 0.3 is 0 Å². The number of hydrogen-bond acceptors (Lipinski definition) is 3. The minimum Gasteiger partial charge on any atom is -0.383 e. The highest BCUT2D eigenvalue weighted by molar-refractivity contribution is 5.87. The third-order valence-corrected chi connectivity index (χ3v) is 1.80. The summed E-state index contributed by atoms with van der Waals surface area (Å²) < 4.78 is 0. The Hall–Kier alpha value is -1.10. The summed E-state index contributed by atoms with van der Waals surface area (Å²) in [5.74, 6) is -0.778. The second-order valence-electron chi connectivity index (χ2n) is 3.36. The Labute approximate surface area is 90.2 Å². The smallest absolute Gasteiger partial charge is 0.249 e. The van der Waals surface area contributed by atoms with Crippen LogP contribution < -0.4 is 10.6 Å². The van der Waals surface area contributed by atoms with Crippen LogP contribution in [0.25, 0.3) is 0 Å². The van der Waals surface area contributed by atoms with Gasteiger partial charge in [0.1, 0.15) is 6.10 Å². The number of aliphatic hydroxyl groups excluding tert-OH is 1. The molecule has 1 atom stereocenters. The van der Waals surface area contributed by atoms with Gasteiger partial charge in [-0.2, -0.15) is 0 Å². The minimum absolute atomic E-state index is 0.171. The standard InChI is InChI=1S/C10H20N2O3/c1-3-5-11-9(14)7-8(13)10(15)12-6-4-2/h8,13H,3-7H2,1-2H3,(H,11,14)(H,12,15). The Balaban J connectivity index is 3.75. The molecule has 15 heavy (non-hydrogen) atoms. The van der Waals surface area contributed by atoms with Gasteiger partial charge in [-0.05, 0) is 12.8 Å². The zero-order valence-corrected chi connectivity index (χ0v) is 9.38. The van der Waals surface area contributed by atoms with Gasteiger partial charge in [-0.15, -0.1) is 0 Å². The fraction of sp³-hybridized carbons (Fsp3) is 0.800. The fourth-order valence-electron chi connectivity index (χ4n) is 0.971. The predicted octanol–water partition coefficient (Wildman–Crippen LogP) is -0.210. The maximum Gasteiger partial charge on any atom is 0.249 e. The van der Waals surface area contributed by atoms with Crippen LogP contribution >= 0.6 is 0 Å². The summed E-state index contributed by atoms with van der Waals surface area (Å²) in [4.78, 5) is 22.3. The number of amides is 2. The van der Waals surface area contributed by atoms with Crippen molar-refractivity contribution in [3.63, 3.8) is 0 Å². The Bertz CT molecular complexity index is 207. The molecule has 0 aromatic rings. The number of hydrogen-bond donors (Lipinski definition) is 3. The molecule has 2 amide bonds. The van der Waals surface area contributed by atoms with Crippen molar-refractivity contribution < 1.29 is 14.7 Å². The van der Waals surface area contributed by atoms with Gasteiger partial charge in [-0.1, -0.05) is 13.8 Å². The third-order valence-electron chi connectivity index (χ3n) is 1.80. The second-order valence-corrected chi connectivity index (χ2v) is 3.36. The molecule has 5 heteroatoms. The number of nitrogens with one attached hydrogen (secondary N) is 2. The maximum atomic E-state index is 11.2. The molecule has 0 aliphatic heterocycles. The first-order valence-corrected chi connectivity index (χ1v) is 5.34. The SMILES string of the molecule is CCCNC(=O)CC(O)C(=O)NCCC. The zero-order chi connectivity index (χ0) is 11.7. The molecule has 0 saturated carbocycles. The molecule has 0 aliphatic carbocycles. The zero-order valence-electron chi connectivity index (χ0n) is 9.38. The van der Waals surface area contributed by atoms with E-state index >= 15 is 0 Å². The van der Waals surface area contributed by atoms with Gasteiger partial charge in [0.15, 0.2) is 0 Å².